The molecule has 1 fully saturated rings. The molecule has 4 heteroatoms. The second-order valence-electron chi connectivity index (χ2n) is 4.99. The summed E-state index contributed by atoms with van der Waals surface area (Å²) in [5.41, 5.74) is 0.404. The van der Waals surface area contributed by atoms with Crippen LogP contribution in [-0.4, -0.2) is 10.7 Å². The molecule has 1 aromatic rings. The highest BCUT2D eigenvalue weighted by Gasteiger charge is 2.38. The number of thiophene rings is 1. The molecule has 0 N–H and O–H groups in total. The molecule has 0 nitrogen and oxygen atoms in total. The predicted molar refractivity (Wildman–Crippen MR) is 87.7 cm³/mol. The third-order valence-electron chi connectivity index (χ3n) is 3.91. The maximum atomic E-state index is 3.77. The van der Waals surface area contributed by atoms with Crippen LogP contribution in [0.15, 0.2) is 15.9 Å². The van der Waals surface area contributed by atoms with Gasteiger partial charge in [0.05, 0.1) is 3.79 Å². The molecule has 1 aliphatic carbocycles. The lowest BCUT2D eigenvalue weighted by Gasteiger charge is -2.36. The molecule has 1 aliphatic rings. The van der Waals surface area contributed by atoms with Gasteiger partial charge in [0.25, 0.3) is 0 Å². The molecule has 0 unspecified atom stereocenters. The van der Waals surface area contributed by atoms with Crippen LogP contribution in [0.3, 0.4) is 0 Å². The van der Waals surface area contributed by atoms with Gasteiger partial charge in [-0.1, -0.05) is 44.7 Å². The van der Waals surface area contributed by atoms with E-state index in [1.165, 1.54) is 40.8 Å². The van der Waals surface area contributed by atoms with E-state index in [1.54, 1.807) is 0 Å². The van der Waals surface area contributed by atoms with Crippen LogP contribution in [0, 0.1) is 11.3 Å². The van der Waals surface area contributed by atoms with Gasteiger partial charge in [-0.05, 0) is 58.7 Å². The maximum Gasteiger partial charge on any atom is 0.0701 e. The fraction of sp³-hybridized carbons (Fsp3) is 0.692. The third kappa shape index (κ3) is 3.37. The van der Waals surface area contributed by atoms with E-state index in [0.29, 0.717) is 5.41 Å². The third-order valence-corrected chi connectivity index (χ3v) is 7.77. The highest BCUT2D eigenvalue weighted by Crippen LogP contribution is 2.45. The Bertz CT molecular complexity index is 351. The molecule has 0 aromatic carbocycles. The predicted octanol–water partition coefficient (Wildman–Crippen LogP) is 6.02. The Balaban J connectivity index is 2.15. The van der Waals surface area contributed by atoms with E-state index in [-0.39, 0.29) is 0 Å². The van der Waals surface area contributed by atoms with E-state index in [0.717, 1.165) is 16.6 Å². The lowest BCUT2D eigenvalue weighted by Crippen LogP contribution is -2.35. The van der Waals surface area contributed by atoms with Crippen molar-refractivity contribution in [2.45, 2.75) is 32.1 Å². The van der Waals surface area contributed by atoms with Crippen LogP contribution >= 0.6 is 59.1 Å². The zero-order valence-corrected chi connectivity index (χ0v) is 15.3. The molecule has 1 aromatic heterocycles. The smallest absolute Gasteiger partial charge is 0.0701 e. The van der Waals surface area contributed by atoms with E-state index in [2.05, 4.69) is 59.9 Å². The van der Waals surface area contributed by atoms with Crippen LogP contribution in [-0.2, 0) is 6.42 Å². The van der Waals surface area contributed by atoms with E-state index >= 15 is 0 Å². The Kier molecular flexibility index (Phi) is 5.59. The van der Waals surface area contributed by atoms with Crippen LogP contribution in [0.25, 0.3) is 0 Å². The van der Waals surface area contributed by atoms with Crippen molar-refractivity contribution in [1.29, 1.82) is 0 Å². The average Bonchev–Trinajstić information content (AvgIpc) is 2.98. The minimum Gasteiger partial charge on any atom is -0.133 e. The zero-order valence-electron chi connectivity index (χ0n) is 9.72. The second-order valence-corrected chi connectivity index (χ2v) is 8.66. The Morgan fingerprint density at radius 3 is 2.29 bits per heavy atom. The van der Waals surface area contributed by atoms with Crippen LogP contribution < -0.4 is 0 Å². The molecule has 0 atom stereocenters. The number of rotatable bonds is 5. The minimum absolute atomic E-state index is 0.404. The van der Waals surface area contributed by atoms with Crippen LogP contribution in [0.4, 0.5) is 0 Å². The summed E-state index contributed by atoms with van der Waals surface area (Å²) < 4.78 is 1.25. The van der Waals surface area contributed by atoms with Gasteiger partial charge in [0.15, 0.2) is 0 Å². The summed E-state index contributed by atoms with van der Waals surface area (Å²) in [6, 6.07) is 4.44. The lowest BCUT2D eigenvalue weighted by atomic mass is 9.75. The molecule has 0 radical (unpaired) electrons. The Morgan fingerprint density at radius 1 is 1.18 bits per heavy atom. The molecular weight excluding hydrogens is 428 g/mol. The molecule has 1 heterocycles. The van der Waals surface area contributed by atoms with Crippen LogP contribution in [0.1, 0.15) is 30.6 Å². The summed E-state index contributed by atoms with van der Waals surface area (Å²) in [5.74, 6) is 0.877. The van der Waals surface area contributed by atoms with Crippen molar-refractivity contribution in [1.82, 2.24) is 0 Å². The van der Waals surface area contributed by atoms with E-state index in [1.807, 2.05) is 11.3 Å². The monoisotopic (exact) mass is 442 g/mol. The minimum atomic E-state index is 0.404. The first kappa shape index (κ1) is 14.5. The van der Waals surface area contributed by atoms with Gasteiger partial charge in [0.1, 0.15) is 0 Å². The summed E-state index contributed by atoms with van der Waals surface area (Å²) in [4.78, 5) is 1.50. The molecule has 1 saturated carbocycles. The zero-order chi connectivity index (χ0) is 12.3. The second kappa shape index (κ2) is 6.53. The SMILES string of the molecule is BrCC(CBr)(Cc1ccc(Br)s1)C1CCCC1. The van der Waals surface area contributed by atoms with Crippen molar-refractivity contribution in [2.75, 3.05) is 10.7 Å². The largest absolute Gasteiger partial charge is 0.133 e. The van der Waals surface area contributed by atoms with Crippen LogP contribution in [0.5, 0.6) is 0 Å². The normalized spacial score (nSPS) is 17.8. The topological polar surface area (TPSA) is 0 Å². The van der Waals surface area contributed by atoms with Crippen molar-refractivity contribution < 1.29 is 0 Å². The lowest BCUT2D eigenvalue weighted by molar-refractivity contribution is 0.234. The van der Waals surface area contributed by atoms with Gasteiger partial charge in [-0.2, -0.15) is 0 Å². The summed E-state index contributed by atoms with van der Waals surface area (Å²) in [6.07, 6.45) is 6.85. The van der Waals surface area contributed by atoms with Crippen molar-refractivity contribution >= 4 is 59.1 Å². The molecule has 0 saturated heterocycles. The van der Waals surface area contributed by atoms with Gasteiger partial charge < -0.3 is 0 Å². The molecule has 0 amide bonds. The first-order chi connectivity index (χ1) is 8.20. The molecule has 0 spiro atoms. The van der Waals surface area contributed by atoms with E-state index in [9.17, 15) is 0 Å². The Morgan fingerprint density at radius 2 is 1.82 bits per heavy atom. The molecule has 0 aliphatic heterocycles. The van der Waals surface area contributed by atoms with E-state index < -0.39 is 0 Å². The average molecular weight is 445 g/mol. The van der Waals surface area contributed by atoms with Crippen molar-refractivity contribution in [2.24, 2.45) is 11.3 Å². The number of alkyl halides is 2. The van der Waals surface area contributed by atoms with Crippen molar-refractivity contribution in [3.63, 3.8) is 0 Å². The van der Waals surface area contributed by atoms with Gasteiger partial charge in [0, 0.05) is 15.5 Å². The summed E-state index contributed by atoms with van der Waals surface area (Å²) in [5, 5.41) is 2.21. The van der Waals surface area contributed by atoms with Crippen LogP contribution in [0.2, 0.25) is 0 Å². The molecule has 17 heavy (non-hydrogen) atoms. The number of hydrogen-bond acceptors (Lipinski definition) is 1. The molecule has 2 rings (SSSR count). The van der Waals surface area contributed by atoms with Gasteiger partial charge in [-0.25, -0.2) is 0 Å². The maximum absolute atomic E-state index is 3.77. The quantitative estimate of drug-likeness (QED) is 0.487. The molecule has 96 valence electrons. The van der Waals surface area contributed by atoms with Crippen molar-refractivity contribution in [3.05, 3.63) is 20.8 Å². The van der Waals surface area contributed by atoms with E-state index in [4.69, 9.17) is 0 Å². The fourth-order valence-electron chi connectivity index (χ4n) is 2.82. The molecular formula is C13H17Br3S. The summed E-state index contributed by atoms with van der Waals surface area (Å²) in [7, 11) is 0. The standard InChI is InChI=1S/C13H17Br3S/c14-8-13(9-15,10-3-1-2-4-10)7-11-5-6-12(16)17-11/h5-6,10H,1-4,7-9H2. The first-order valence-electron chi connectivity index (χ1n) is 6.06. The Hall–Kier alpha value is 1.14. The van der Waals surface area contributed by atoms with Crippen molar-refractivity contribution in [3.8, 4) is 0 Å². The summed E-state index contributed by atoms with van der Waals surface area (Å²) >= 11 is 13.0. The van der Waals surface area contributed by atoms with Gasteiger partial charge >= 0.3 is 0 Å². The fourth-order valence-corrected chi connectivity index (χ4v) is 6.70. The highest BCUT2D eigenvalue weighted by atomic mass is 79.9. The van der Waals surface area contributed by atoms with Gasteiger partial charge in [0.2, 0.25) is 0 Å². The first-order valence-corrected chi connectivity index (χ1v) is 9.91. The van der Waals surface area contributed by atoms with Gasteiger partial charge in [-0.15, -0.1) is 11.3 Å². The highest BCUT2D eigenvalue weighted by molar-refractivity contribution is 9.11. The number of halogens is 3. The Labute approximate surface area is 133 Å². The summed E-state index contributed by atoms with van der Waals surface area (Å²) in [6.45, 7) is 0. The number of hydrogen-bond donors (Lipinski definition) is 0. The molecule has 0 bridgehead atoms. The van der Waals surface area contributed by atoms with Gasteiger partial charge in [-0.3, -0.25) is 0 Å².